The number of carbonyl (C=O) groups excluding carboxylic acids is 1. The van der Waals surface area contributed by atoms with E-state index in [4.69, 9.17) is 14.6 Å². The number of carbonyl (C=O) groups is 1. The zero-order chi connectivity index (χ0) is 12.2. The minimum absolute atomic E-state index is 0.0285. The lowest BCUT2D eigenvalue weighted by atomic mass is 10.0. The van der Waals surface area contributed by atoms with Crippen molar-refractivity contribution in [1.29, 1.82) is 0 Å². The maximum Gasteiger partial charge on any atom is 0.254 e. The molecule has 1 rings (SSSR count). The fourth-order valence-electron chi connectivity index (χ4n) is 1.73. The molecule has 0 aromatic heterocycles. The van der Waals surface area contributed by atoms with Gasteiger partial charge in [-0.15, -0.1) is 0 Å². The molecule has 1 N–H and O–H groups in total. The van der Waals surface area contributed by atoms with Gasteiger partial charge in [-0.2, -0.15) is 0 Å². The molecule has 1 fully saturated rings. The Labute approximate surface area is 96.3 Å². The van der Waals surface area contributed by atoms with E-state index in [0.717, 1.165) is 0 Å². The van der Waals surface area contributed by atoms with Crippen molar-refractivity contribution in [2.24, 2.45) is 0 Å². The summed E-state index contributed by atoms with van der Waals surface area (Å²) in [6.07, 6.45) is 0.361. The molecule has 1 amide bonds. The summed E-state index contributed by atoms with van der Waals surface area (Å²) in [6, 6.07) is 0. The molecule has 1 heterocycles. The number of aliphatic hydroxyl groups is 1. The van der Waals surface area contributed by atoms with E-state index in [1.54, 1.807) is 18.9 Å². The number of ether oxygens (including phenoxy) is 2. The van der Waals surface area contributed by atoms with Gasteiger partial charge in [0.1, 0.15) is 5.60 Å². The highest BCUT2D eigenvalue weighted by atomic mass is 16.5. The van der Waals surface area contributed by atoms with Gasteiger partial charge in [0.15, 0.2) is 0 Å². The van der Waals surface area contributed by atoms with Gasteiger partial charge in [-0.05, 0) is 13.3 Å². The van der Waals surface area contributed by atoms with Crippen LogP contribution in [0, 0.1) is 0 Å². The monoisotopic (exact) mass is 231 g/mol. The summed E-state index contributed by atoms with van der Waals surface area (Å²) in [7, 11) is 1.55. The number of hydrogen-bond donors (Lipinski definition) is 1. The SMILES string of the molecule is CCC(C)(OC)C(=O)N1CCOC(CO)C1. The fraction of sp³-hybridized carbons (Fsp3) is 0.909. The van der Waals surface area contributed by atoms with Crippen LogP contribution in [0.25, 0.3) is 0 Å². The molecule has 0 aliphatic carbocycles. The number of morpholine rings is 1. The van der Waals surface area contributed by atoms with Crippen LogP contribution in [-0.4, -0.2) is 61.0 Å². The number of methoxy groups -OCH3 is 1. The normalized spacial score (nSPS) is 25.2. The lowest BCUT2D eigenvalue weighted by molar-refractivity contribution is -0.161. The summed E-state index contributed by atoms with van der Waals surface area (Å²) in [4.78, 5) is 13.9. The second kappa shape index (κ2) is 5.61. The molecule has 0 aromatic carbocycles. The molecular formula is C11H21NO4. The van der Waals surface area contributed by atoms with Crippen molar-refractivity contribution in [2.45, 2.75) is 32.0 Å². The van der Waals surface area contributed by atoms with Crippen molar-refractivity contribution < 1.29 is 19.4 Å². The summed E-state index contributed by atoms with van der Waals surface area (Å²) in [5, 5.41) is 9.01. The maximum absolute atomic E-state index is 12.2. The molecule has 0 bridgehead atoms. The Hall–Kier alpha value is -0.650. The minimum atomic E-state index is -0.767. The average Bonchev–Trinajstić information content (AvgIpc) is 2.37. The van der Waals surface area contributed by atoms with Crippen molar-refractivity contribution in [1.82, 2.24) is 4.90 Å². The molecule has 5 heteroatoms. The topological polar surface area (TPSA) is 59.0 Å². The second-order valence-corrected chi connectivity index (χ2v) is 4.22. The lowest BCUT2D eigenvalue weighted by Crippen LogP contribution is -2.54. The Balaban J connectivity index is 2.65. The molecule has 1 saturated heterocycles. The number of aliphatic hydroxyl groups excluding tert-OH is 1. The summed E-state index contributed by atoms with van der Waals surface area (Å²) >= 11 is 0. The van der Waals surface area contributed by atoms with Crippen molar-refractivity contribution in [3.05, 3.63) is 0 Å². The van der Waals surface area contributed by atoms with Crippen LogP contribution in [0.4, 0.5) is 0 Å². The predicted octanol–water partition coefficient (Wildman–Crippen LogP) is 0.0212. The fourth-order valence-corrected chi connectivity index (χ4v) is 1.73. The minimum Gasteiger partial charge on any atom is -0.394 e. The highest BCUT2D eigenvalue weighted by molar-refractivity contribution is 5.84. The van der Waals surface area contributed by atoms with Crippen LogP contribution in [0.3, 0.4) is 0 Å². The Bertz CT molecular complexity index is 240. The molecule has 0 saturated carbocycles. The Morgan fingerprint density at radius 3 is 2.88 bits per heavy atom. The van der Waals surface area contributed by atoms with Crippen LogP contribution in [-0.2, 0) is 14.3 Å². The molecule has 0 spiro atoms. The molecule has 0 aromatic rings. The Kier molecular flexibility index (Phi) is 4.70. The Morgan fingerprint density at radius 2 is 2.38 bits per heavy atom. The lowest BCUT2D eigenvalue weighted by Gasteiger charge is -2.37. The molecule has 1 aliphatic rings. The number of nitrogens with zero attached hydrogens (tertiary/aromatic N) is 1. The zero-order valence-electron chi connectivity index (χ0n) is 10.2. The molecule has 94 valence electrons. The number of rotatable bonds is 4. The van der Waals surface area contributed by atoms with Crippen molar-refractivity contribution in [3.63, 3.8) is 0 Å². The van der Waals surface area contributed by atoms with Gasteiger partial charge in [0.05, 0.1) is 19.3 Å². The van der Waals surface area contributed by atoms with Crippen molar-refractivity contribution in [2.75, 3.05) is 33.4 Å². The summed E-state index contributed by atoms with van der Waals surface area (Å²) in [5.74, 6) is -0.0285. The van der Waals surface area contributed by atoms with E-state index in [0.29, 0.717) is 26.1 Å². The van der Waals surface area contributed by atoms with Crippen molar-refractivity contribution >= 4 is 5.91 Å². The highest BCUT2D eigenvalue weighted by Gasteiger charge is 2.37. The van der Waals surface area contributed by atoms with E-state index >= 15 is 0 Å². The van der Waals surface area contributed by atoms with E-state index in [1.165, 1.54) is 0 Å². The highest BCUT2D eigenvalue weighted by Crippen LogP contribution is 2.19. The van der Waals surface area contributed by atoms with E-state index in [-0.39, 0.29) is 18.6 Å². The van der Waals surface area contributed by atoms with Gasteiger partial charge in [0, 0.05) is 20.2 Å². The molecule has 16 heavy (non-hydrogen) atoms. The van der Waals surface area contributed by atoms with Crippen LogP contribution >= 0.6 is 0 Å². The summed E-state index contributed by atoms with van der Waals surface area (Å²) < 4.78 is 10.6. The predicted molar refractivity (Wildman–Crippen MR) is 59.1 cm³/mol. The largest absolute Gasteiger partial charge is 0.394 e. The molecule has 2 atom stereocenters. The van der Waals surface area contributed by atoms with E-state index in [1.807, 2.05) is 6.92 Å². The third-order valence-electron chi connectivity index (χ3n) is 3.21. The molecule has 0 radical (unpaired) electrons. The van der Waals surface area contributed by atoms with Gasteiger partial charge in [0.2, 0.25) is 0 Å². The third kappa shape index (κ3) is 2.72. The first-order valence-electron chi connectivity index (χ1n) is 5.64. The van der Waals surface area contributed by atoms with Gasteiger partial charge >= 0.3 is 0 Å². The van der Waals surface area contributed by atoms with Gasteiger partial charge in [0.25, 0.3) is 5.91 Å². The number of hydrogen-bond acceptors (Lipinski definition) is 4. The van der Waals surface area contributed by atoms with Gasteiger partial charge in [-0.1, -0.05) is 6.92 Å². The first kappa shape index (κ1) is 13.4. The van der Waals surface area contributed by atoms with Crippen LogP contribution in [0.1, 0.15) is 20.3 Å². The summed E-state index contributed by atoms with van der Waals surface area (Å²) in [5.41, 5.74) is -0.767. The first-order chi connectivity index (χ1) is 7.57. The molecule has 2 unspecified atom stereocenters. The smallest absolute Gasteiger partial charge is 0.254 e. The molecule has 1 aliphatic heterocycles. The standard InChI is InChI=1S/C11H21NO4/c1-4-11(2,15-3)10(14)12-5-6-16-9(7-12)8-13/h9,13H,4-8H2,1-3H3. The van der Waals surface area contributed by atoms with Gasteiger partial charge < -0.3 is 19.5 Å². The van der Waals surface area contributed by atoms with E-state index in [9.17, 15) is 4.79 Å². The molecular weight excluding hydrogens is 210 g/mol. The number of amides is 1. The molecule has 5 nitrogen and oxygen atoms in total. The van der Waals surface area contributed by atoms with Gasteiger partial charge in [-0.3, -0.25) is 4.79 Å². The quantitative estimate of drug-likeness (QED) is 0.741. The van der Waals surface area contributed by atoms with Crippen LogP contribution in [0.15, 0.2) is 0 Å². The maximum atomic E-state index is 12.2. The van der Waals surface area contributed by atoms with Crippen LogP contribution in [0.5, 0.6) is 0 Å². The van der Waals surface area contributed by atoms with Gasteiger partial charge in [-0.25, -0.2) is 0 Å². The third-order valence-corrected chi connectivity index (χ3v) is 3.21. The van der Waals surface area contributed by atoms with E-state index in [2.05, 4.69) is 0 Å². The second-order valence-electron chi connectivity index (χ2n) is 4.22. The van der Waals surface area contributed by atoms with Crippen LogP contribution in [0.2, 0.25) is 0 Å². The van der Waals surface area contributed by atoms with Crippen molar-refractivity contribution in [3.8, 4) is 0 Å². The van der Waals surface area contributed by atoms with Crippen LogP contribution < -0.4 is 0 Å². The zero-order valence-corrected chi connectivity index (χ0v) is 10.2. The van der Waals surface area contributed by atoms with E-state index < -0.39 is 5.60 Å². The summed E-state index contributed by atoms with van der Waals surface area (Å²) in [6.45, 7) is 5.13. The first-order valence-corrected chi connectivity index (χ1v) is 5.64. The Morgan fingerprint density at radius 1 is 1.69 bits per heavy atom. The average molecular weight is 231 g/mol.